The van der Waals surface area contributed by atoms with Crippen molar-refractivity contribution in [1.82, 2.24) is 5.32 Å². The van der Waals surface area contributed by atoms with Crippen LogP contribution in [0.4, 0.5) is 13.2 Å². The van der Waals surface area contributed by atoms with Crippen molar-refractivity contribution in [1.29, 1.82) is 0 Å². The maximum absolute atomic E-state index is 12.4. The Morgan fingerprint density at radius 1 is 1.18 bits per heavy atom. The minimum Gasteiger partial charge on any atom is -0.347 e. The van der Waals surface area contributed by atoms with Crippen LogP contribution < -0.4 is 5.32 Å². The molecular weight excluding hydrogens is 407 g/mol. The Morgan fingerprint density at radius 3 is 2.39 bits per heavy atom. The Balaban J connectivity index is 1.99. The molecule has 1 amide bonds. The van der Waals surface area contributed by atoms with Crippen LogP contribution in [0.3, 0.4) is 0 Å². The van der Waals surface area contributed by atoms with Gasteiger partial charge in [-0.1, -0.05) is 17.5 Å². The first-order valence-corrected chi connectivity index (χ1v) is 9.62. The molecule has 0 bridgehead atoms. The molecule has 7 heteroatoms. The molecule has 0 atom stereocenters. The summed E-state index contributed by atoms with van der Waals surface area (Å²) in [6.45, 7) is 3.75. The van der Waals surface area contributed by atoms with Crippen molar-refractivity contribution in [2.45, 2.75) is 42.6 Å². The Bertz CT molecular complexity index is 886. The van der Waals surface area contributed by atoms with Gasteiger partial charge in [0.2, 0.25) is 0 Å². The summed E-state index contributed by atoms with van der Waals surface area (Å²) < 4.78 is 37.2. The molecule has 0 fully saturated rings. The van der Waals surface area contributed by atoms with Crippen molar-refractivity contribution in [3.8, 4) is 12.3 Å². The van der Waals surface area contributed by atoms with E-state index >= 15 is 0 Å². The number of terminal acetylenes is 1. The molecular formula is C21H19ClF3NOS. The predicted molar refractivity (Wildman–Crippen MR) is 108 cm³/mol. The number of aryl methyl sites for hydroxylation is 1. The number of nitrogens with one attached hydrogen (secondary N) is 1. The van der Waals surface area contributed by atoms with Crippen LogP contribution in [-0.2, 0) is 6.42 Å². The van der Waals surface area contributed by atoms with E-state index in [2.05, 4.69) is 11.2 Å². The Morgan fingerprint density at radius 2 is 1.82 bits per heavy atom. The molecule has 2 nitrogen and oxygen atoms in total. The second-order valence-corrected chi connectivity index (χ2v) is 8.41. The van der Waals surface area contributed by atoms with Crippen molar-refractivity contribution < 1.29 is 18.0 Å². The number of halogens is 4. The van der Waals surface area contributed by atoms with Crippen LogP contribution in [0.2, 0.25) is 5.02 Å². The summed E-state index contributed by atoms with van der Waals surface area (Å²) in [4.78, 5) is 12.5. The normalized spacial score (nSPS) is 11.8. The second kappa shape index (κ2) is 8.93. The summed E-state index contributed by atoms with van der Waals surface area (Å²) >= 11 is 5.99. The smallest absolute Gasteiger partial charge is 0.347 e. The van der Waals surface area contributed by atoms with Crippen LogP contribution in [0.15, 0.2) is 47.4 Å². The highest BCUT2D eigenvalue weighted by Crippen LogP contribution is 2.36. The first-order chi connectivity index (χ1) is 13.0. The maximum Gasteiger partial charge on any atom is 0.446 e. The van der Waals surface area contributed by atoms with E-state index in [1.807, 2.05) is 19.9 Å². The number of thioether (sulfide) groups is 1. The average Bonchev–Trinajstić information content (AvgIpc) is 2.60. The first kappa shape index (κ1) is 22.2. The molecule has 0 radical (unpaired) electrons. The van der Waals surface area contributed by atoms with Gasteiger partial charge in [0.25, 0.3) is 5.91 Å². The lowest BCUT2D eigenvalue weighted by molar-refractivity contribution is -0.0328. The molecule has 1 N–H and O–H groups in total. The van der Waals surface area contributed by atoms with Gasteiger partial charge in [-0.15, -0.1) is 6.42 Å². The van der Waals surface area contributed by atoms with Gasteiger partial charge in [0.15, 0.2) is 0 Å². The van der Waals surface area contributed by atoms with Crippen LogP contribution >= 0.6 is 23.4 Å². The fourth-order valence-corrected chi connectivity index (χ4v) is 3.30. The molecule has 0 saturated heterocycles. The fourth-order valence-electron chi connectivity index (χ4n) is 2.55. The van der Waals surface area contributed by atoms with E-state index in [1.165, 1.54) is 24.3 Å². The van der Waals surface area contributed by atoms with Crippen molar-refractivity contribution in [3.63, 3.8) is 0 Å². The van der Waals surface area contributed by atoms with E-state index in [1.54, 1.807) is 12.1 Å². The van der Waals surface area contributed by atoms with Gasteiger partial charge >= 0.3 is 5.51 Å². The van der Waals surface area contributed by atoms with Crippen LogP contribution in [0.5, 0.6) is 0 Å². The molecule has 148 valence electrons. The summed E-state index contributed by atoms with van der Waals surface area (Å²) in [6, 6.07) is 10.7. The van der Waals surface area contributed by atoms with E-state index in [9.17, 15) is 18.0 Å². The molecule has 2 rings (SSSR count). The van der Waals surface area contributed by atoms with Crippen LogP contribution in [0, 0.1) is 12.3 Å². The van der Waals surface area contributed by atoms with Gasteiger partial charge in [-0.3, -0.25) is 4.79 Å². The van der Waals surface area contributed by atoms with Crippen LogP contribution in [0.1, 0.15) is 41.8 Å². The van der Waals surface area contributed by atoms with Gasteiger partial charge in [-0.05, 0) is 86.5 Å². The Kier molecular flexibility index (Phi) is 7.08. The number of carbonyl (C=O) groups excluding carboxylic acids is 1. The number of amides is 1. The highest BCUT2D eigenvalue weighted by molar-refractivity contribution is 8.00. The Labute approximate surface area is 171 Å². The second-order valence-electron chi connectivity index (χ2n) is 6.86. The van der Waals surface area contributed by atoms with Gasteiger partial charge < -0.3 is 5.32 Å². The number of hydrogen-bond donors (Lipinski definition) is 1. The monoisotopic (exact) mass is 425 g/mol. The summed E-state index contributed by atoms with van der Waals surface area (Å²) in [6.07, 6.45) is 6.63. The summed E-state index contributed by atoms with van der Waals surface area (Å²) in [5.41, 5.74) is -2.98. The maximum atomic E-state index is 12.4. The zero-order valence-electron chi connectivity index (χ0n) is 15.4. The number of alkyl halides is 3. The summed E-state index contributed by atoms with van der Waals surface area (Å²) in [7, 11) is 0. The summed E-state index contributed by atoms with van der Waals surface area (Å²) in [5.74, 6) is 2.21. The molecule has 0 aliphatic carbocycles. The molecule has 0 aromatic heterocycles. The van der Waals surface area contributed by atoms with E-state index in [-0.39, 0.29) is 22.6 Å². The summed E-state index contributed by atoms with van der Waals surface area (Å²) in [5, 5.41) is 3.52. The van der Waals surface area contributed by atoms with E-state index in [0.717, 1.165) is 11.1 Å². The molecule has 0 aliphatic heterocycles. The van der Waals surface area contributed by atoms with Crippen molar-refractivity contribution in [3.05, 3.63) is 64.2 Å². The molecule has 2 aromatic rings. The van der Waals surface area contributed by atoms with Crippen molar-refractivity contribution >= 4 is 29.3 Å². The highest BCUT2D eigenvalue weighted by atomic mass is 35.5. The highest BCUT2D eigenvalue weighted by Gasteiger charge is 2.29. The molecule has 2 aromatic carbocycles. The van der Waals surface area contributed by atoms with E-state index in [0.29, 0.717) is 23.4 Å². The largest absolute Gasteiger partial charge is 0.446 e. The third kappa shape index (κ3) is 6.81. The molecule has 0 heterocycles. The standard InChI is InChI=1S/C21H19ClF3NOS/c1-4-14-5-10-18(22)16(13-14)11-12-20(2,3)26-19(27)15-6-8-17(9-7-15)28-21(23,24)25/h1,5-10,13H,11-12H2,2-3H3,(H,26,27). The first-order valence-electron chi connectivity index (χ1n) is 8.42. The van der Waals surface area contributed by atoms with Crippen molar-refractivity contribution in [2.24, 2.45) is 0 Å². The zero-order chi connectivity index (χ0) is 20.9. The van der Waals surface area contributed by atoms with Crippen LogP contribution in [-0.4, -0.2) is 17.0 Å². The topological polar surface area (TPSA) is 29.1 Å². The molecule has 0 aliphatic rings. The average molecular weight is 426 g/mol. The Hall–Kier alpha value is -2.10. The van der Waals surface area contributed by atoms with Gasteiger partial charge in [0.05, 0.1) is 0 Å². The predicted octanol–water partition coefficient (Wildman–Crippen LogP) is 6.07. The van der Waals surface area contributed by atoms with Crippen molar-refractivity contribution in [2.75, 3.05) is 0 Å². The minimum absolute atomic E-state index is 0.0337. The lowest BCUT2D eigenvalue weighted by Gasteiger charge is -2.26. The minimum atomic E-state index is -4.36. The number of benzene rings is 2. The lowest BCUT2D eigenvalue weighted by Crippen LogP contribution is -2.43. The quantitative estimate of drug-likeness (QED) is 0.449. The number of hydrogen-bond acceptors (Lipinski definition) is 2. The van der Waals surface area contributed by atoms with Gasteiger partial charge in [-0.25, -0.2) is 0 Å². The van der Waals surface area contributed by atoms with Gasteiger partial charge in [0, 0.05) is 26.6 Å². The third-order valence-corrected chi connectivity index (χ3v) is 5.14. The fraction of sp³-hybridized carbons (Fsp3) is 0.286. The number of carbonyl (C=O) groups is 1. The zero-order valence-corrected chi connectivity index (χ0v) is 16.9. The molecule has 0 spiro atoms. The lowest BCUT2D eigenvalue weighted by atomic mass is 9.94. The SMILES string of the molecule is C#Cc1ccc(Cl)c(CCC(C)(C)NC(=O)c2ccc(SC(F)(F)F)cc2)c1. The molecule has 0 unspecified atom stereocenters. The van der Waals surface area contributed by atoms with Gasteiger partial charge in [0.1, 0.15) is 0 Å². The van der Waals surface area contributed by atoms with Gasteiger partial charge in [-0.2, -0.15) is 13.2 Å². The molecule has 28 heavy (non-hydrogen) atoms. The van der Waals surface area contributed by atoms with Crippen LogP contribution in [0.25, 0.3) is 0 Å². The third-order valence-electron chi connectivity index (χ3n) is 4.03. The van der Waals surface area contributed by atoms with E-state index < -0.39 is 11.0 Å². The van der Waals surface area contributed by atoms with E-state index in [4.69, 9.17) is 18.0 Å². The molecule has 0 saturated carbocycles. The number of rotatable bonds is 6.